The number of carboxylic acid groups (broad SMARTS) is 1. The lowest BCUT2D eigenvalue weighted by molar-refractivity contribution is -0.150. The highest BCUT2D eigenvalue weighted by Crippen LogP contribution is 2.37. The third-order valence-electron chi connectivity index (χ3n) is 4.23. The molecule has 0 heterocycles. The molecule has 5 nitrogen and oxygen atoms in total. The number of carboxylic acids is 1. The van der Waals surface area contributed by atoms with E-state index in [-0.39, 0.29) is 0 Å². The maximum atomic E-state index is 11.5. The van der Waals surface area contributed by atoms with Crippen molar-refractivity contribution in [1.82, 2.24) is 0 Å². The van der Waals surface area contributed by atoms with Gasteiger partial charge in [0.25, 0.3) is 0 Å². The largest absolute Gasteiger partial charge is 0.493 e. The lowest BCUT2D eigenvalue weighted by Gasteiger charge is -2.26. The monoisotopic (exact) mass is 310 g/mol. The van der Waals surface area contributed by atoms with E-state index >= 15 is 0 Å². The maximum absolute atomic E-state index is 11.5. The van der Waals surface area contributed by atoms with Crippen molar-refractivity contribution in [3.05, 3.63) is 18.2 Å². The lowest BCUT2D eigenvalue weighted by atomic mass is 9.78. The molecule has 0 saturated carbocycles. The predicted octanol–water partition coefficient (Wildman–Crippen LogP) is 3.75. The van der Waals surface area contributed by atoms with Gasteiger partial charge in [-0.2, -0.15) is 0 Å². The fraction of sp³-hybridized carbons (Fsp3) is 0.588. The zero-order valence-electron chi connectivity index (χ0n) is 13.8. The van der Waals surface area contributed by atoms with Crippen LogP contribution < -0.4 is 14.2 Å². The molecule has 0 bridgehead atoms. The number of para-hydroxylation sites is 1. The molecule has 124 valence electrons. The molecule has 0 saturated heterocycles. The molecule has 5 heteroatoms. The van der Waals surface area contributed by atoms with Gasteiger partial charge >= 0.3 is 5.97 Å². The number of ether oxygens (including phenoxy) is 3. The summed E-state index contributed by atoms with van der Waals surface area (Å²) >= 11 is 0. The molecule has 0 unspecified atom stereocenters. The van der Waals surface area contributed by atoms with Crippen LogP contribution >= 0.6 is 0 Å². The second kappa shape index (κ2) is 8.51. The first-order valence-corrected chi connectivity index (χ1v) is 7.61. The first-order chi connectivity index (χ1) is 10.5. The molecule has 0 aliphatic rings. The fourth-order valence-corrected chi connectivity index (χ4v) is 2.58. The molecule has 1 aromatic rings. The zero-order chi connectivity index (χ0) is 16.6. The number of hydrogen-bond donors (Lipinski definition) is 1. The first kappa shape index (κ1) is 18.1. The molecular formula is C17H26O5. The zero-order valence-corrected chi connectivity index (χ0v) is 13.8. The van der Waals surface area contributed by atoms with Crippen molar-refractivity contribution in [3.8, 4) is 17.2 Å². The van der Waals surface area contributed by atoms with Crippen molar-refractivity contribution in [1.29, 1.82) is 0 Å². The molecule has 1 N–H and O–H groups in total. The Kier molecular flexibility index (Phi) is 7.02. The van der Waals surface area contributed by atoms with Crippen LogP contribution in [0.4, 0.5) is 0 Å². The van der Waals surface area contributed by atoms with Gasteiger partial charge in [-0.1, -0.05) is 19.9 Å². The summed E-state index contributed by atoms with van der Waals surface area (Å²) < 4.78 is 16.3. The summed E-state index contributed by atoms with van der Waals surface area (Å²) in [6, 6.07) is 5.44. The van der Waals surface area contributed by atoms with Crippen LogP contribution in [0.1, 0.15) is 39.5 Å². The summed E-state index contributed by atoms with van der Waals surface area (Å²) in [5.41, 5.74) is -0.651. The Morgan fingerprint density at radius 1 is 1.14 bits per heavy atom. The molecule has 0 aliphatic heterocycles. The Balaban J connectivity index is 2.63. The van der Waals surface area contributed by atoms with Crippen molar-refractivity contribution in [2.75, 3.05) is 20.8 Å². The second-order valence-corrected chi connectivity index (χ2v) is 5.24. The van der Waals surface area contributed by atoms with Crippen LogP contribution in [0, 0.1) is 5.41 Å². The van der Waals surface area contributed by atoms with Crippen LogP contribution in [0.2, 0.25) is 0 Å². The Morgan fingerprint density at radius 3 is 2.27 bits per heavy atom. The SMILES string of the molecule is CCC(CC)(CCCOc1cccc(OC)c1OC)C(=O)O. The minimum atomic E-state index is -0.725. The first-order valence-electron chi connectivity index (χ1n) is 7.61. The summed E-state index contributed by atoms with van der Waals surface area (Å²) in [4.78, 5) is 11.5. The highest BCUT2D eigenvalue weighted by atomic mass is 16.5. The van der Waals surface area contributed by atoms with E-state index in [1.54, 1.807) is 20.3 Å². The molecule has 1 rings (SSSR count). The van der Waals surface area contributed by atoms with Gasteiger partial charge in [0.1, 0.15) is 0 Å². The minimum Gasteiger partial charge on any atom is -0.493 e. The Morgan fingerprint density at radius 2 is 1.77 bits per heavy atom. The van der Waals surface area contributed by atoms with Gasteiger partial charge in [-0.05, 0) is 37.8 Å². The molecule has 0 fully saturated rings. The Hall–Kier alpha value is -1.91. The topological polar surface area (TPSA) is 65.0 Å². The van der Waals surface area contributed by atoms with E-state index in [2.05, 4.69) is 0 Å². The van der Waals surface area contributed by atoms with E-state index in [9.17, 15) is 9.90 Å². The normalized spacial score (nSPS) is 11.1. The smallest absolute Gasteiger partial charge is 0.309 e. The quantitative estimate of drug-likeness (QED) is 0.667. The summed E-state index contributed by atoms with van der Waals surface area (Å²) in [5, 5.41) is 9.41. The molecule has 1 aromatic carbocycles. The van der Waals surface area contributed by atoms with Crippen molar-refractivity contribution in [3.63, 3.8) is 0 Å². The van der Waals surface area contributed by atoms with Crippen molar-refractivity contribution < 1.29 is 24.1 Å². The van der Waals surface area contributed by atoms with Crippen molar-refractivity contribution in [2.24, 2.45) is 5.41 Å². The molecule has 0 spiro atoms. The maximum Gasteiger partial charge on any atom is 0.309 e. The summed E-state index contributed by atoms with van der Waals surface area (Å²) in [5.74, 6) is 1.05. The number of methoxy groups -OCH3 is 2. The lowest BCUT2D eigenvalue weighted by Crippen LogP contribution is -2.30. The second-order valence-electron chi connectivity index (χ2n) is 5.24. The van der Waals surface area contributed by atoms with Gasteiger partial charge in [0.2, 0.25) is 5.75 Å². The molecular weight excluding hydrogens is 284 g/mol. The third-order valence-corrected chi connectivity index (χ3v) is 4.23. The average Bonchev–Trinajstić information content (AvgIpc) is 2.54. The van der Waals surface area contributed by atoms with E-state index in [4.69, 9.17) is 14.2 Å². The van der Waals surface area contributed by atoms with Gasteiger partial charge in [0.05, 0.1) is 26.2 Å². The van der Waals surface area contributed by atoms with Crippen LogP contribution in [-0.4, -0.2) is 31.9 Å². The summed E-state index contributed by atoms with van der Waals surface area (Å²) in [6.07, 6.45) is 2.53. The molecule has 0 aromatic heterocycles. The highest BCUT2D eigenvalue weighted by molar-refractivity contribution is 5.74. The third kappa shape index (κ3) is 4.06. The van der Waals surface area contributed by atoms with Gasteiger partial charge in [0, 0.05) is 0 Å². The van der Waals surface area contributed by atoms with Crippen LogP contribution in [-0.2, 0) is 4.79 Å². The summed E-state index contributed by atoms with van der Waals surface area (Å²) in [7, 11) is 3.14. The number of rotatable bonds is 10. The molecule has 0 atom stereocenters. The van der Waals surface area contributed by atoms with E-state index < -0.39 is 11.4 Å². The van der Waals surface area contributed by atoms with Crippen LogP contribution in [0.15, 0.2) is 18.2 Å². The van der Waals surface area contributed by atoms with E-state index in [1.807, 2.05) is 26.0 Å². The molecule has 0 radical (unpaired) electrons. The van der Waals surface area contributed by atoms with Crippen LogP contribution in [0.5, 0.6) is 17.2 Å². The van der Waals surface area contributed by atoms with Gasteiger partial charge in [-0.3, -0.25) is 4.79 Å². The van der Waals surface area contributed by atoms with Gasteiger partial charge in [-0.15, -0.1) is 0 Å². The van der Waals surface area contributed by atoms with E-state index in [0.717, 1.165) is 0 Å². The van der Waals surface area contributed by atoms with Gasteiger partial charge in [0.15, 0.2) is 11.5 Å². The Labute approximate surface area is 132 Å². The number of aliphatic carboxylic acids is 1. The van der Waals surface area contributed by atoms with E-state index in [0.29, 0.717) is 49.5 Å². The number of carbonyl (C=O) groups is 1. The average molecular weight is 310 g/mol. The highest BCUT2D eigenvalue weighted by Gasteiger charge is 2.34. The number of hydrogen-bond acceptors (Lipinski definition) is 4. The fourth-order valence-electron chi connectivity index (χ4n) is 2.58. The molecule has 22 heavy (non-hydrogen) atoms. The standard InChI is InChI=1S/C17H26O5/c1-5-17(6-2,16(18)19)11-8-12-22-14-10-7-9-13(20-3)15(14)21-4/h7,9-10H,5-6,8,11-12H2,1-4H3,(H,18,19). The van der Waals surface area contributed by atoms with Crippen LogP contribution in [0.25, 0.3) is 0 Å². The summed E-state index contributed by atoms with van der Waals surface area (Å²) in [6.45, 7) is 4.28. The van der Waals surface area contributed by atoms with Gasteiger partial charge < -0.3 is 19.3 Å². The molecule has 0 amide bonds. The Bertz CT molecular complexity index is 480. The van der Waals surface area contributed by atoms with E-state index in [1.165, 1.54) is 0 Å². The molecule has 0 aliphatic carbocycles. The van der Waals surface area contributed by atoms with Crippen LogP contribution in [0.3, 0.4) is 0 Å². The number of benzene rings is 1. The van der Waals surface area contributed by atoms with Crippen molar-refractivity contribution >= 4 is 5.97 Å². The predicted molar refractivity (Wildman–Crippen MR) is 84.9 cm³/mol. The van der Waals surface area contributed by atoms with Crippen molar-refractivity contribution in [2.45, 2.75) is 39.5 Å². The minimum absolute atomic E-state index is 0.443. The van der Waals surface area contributed by atoms with Gasteiger partial charge in [-0.25, -0.2) is 0 Å².